The van der Waals surface area contributed by atoms with E-state index in [0.717, 1.165) is 27.7 Å². The molecule has 0 radical (unpaired) electrons. The van der Waals surface area contributed by atoms with Gasteiger partial charge in [0.25, 0.3) is 11.5 Å². The third-order valence-electron chi connectivity index (χ3n) is 8.03. The number of nitrogens with one attached hydrogen (secondary N) is 1. The lowest BCUT2D eigenvalue weighted by Crippen LogP contribution is -2.43. The standard InChI is InChI=1S/C32H28Cl2F6N4O4/c1-5-24(32(38,39)40)44(4)17-13-21(33)26(22(34)14-17)28(45)42-23(30(47)48)12-16-8-9-19(27-18(16)7-6-10-41-27)25-20(31(35,36)37)11-15(2)43(3)29(25)46/h6-11,13-14,23-24H,5,12H2,1-4H3,(H,42,45)(H,47,48)/t23-,24+/m0/s1. The number of hydrogen-bond donors (Lipinski definition) is 2. The molecule has 4 rings (SSSR count). The summed E-state index contributed by atoms with van der Waals surface area (Å²) in [5, 5.41) is 11.9. The Morgan fingerprint density at radius 3 is 2.23 bits per heavy atom. The maximum Gasteiger partial charge on any atom is 0.417 e. The average Bonchev–Trinajstić information content (AvgIpc) is 2.98. The summed E-state index contributed by atoms with van der Waals surface area (Å²) in [6, 6.07) is 5.11. The van der Waals surface area contributed by atoms with Crippen LogP contribution in [0.25, 0.3) is 22.0 Å². The molecule has 0 saturated heterocycles. The number of aryl methyl sites for hydroxylation is 1. The molecule has 4 aromatic rings. The number of amides is 1. The molecule has 0 fully saturated rings. The van der Waals surface area contributed by atoms with Crippen molar-refractivity contribution in [3.63, 3.8) is 0 Å². The summed E-state index contributed by atoms with van der Waals surface area (Å²) in [7, 11) is 2.52. The van der Waals surface area contributed by atoms with Gasteiger partial charge in [-0.2, -0.15) is 26.3 Å². The van der Waals surface area contributed by atoms with Gasteiger partial charge in [-0.15, -0.1) is 0 Å². The zero-order valence-corrected chi connectivity index (χ0v) is 27.2. The highest BCUT2D eigenvalue weighted by molar-refractivity contribution is 6.40. The number of benzene rings is 2. The number of carbonyl (C=O) groups is 2. The van der Waals surface area contributed by atoms with Crippen molar-refractivity contribution in [3.05, 3.63) is 91.4 Å². The lowest BCUT2D eigenvalue weighted by atomic mass is 9.93. The molecule has 16 heteroatoms. The predicted molar refractivity (Wildman–Crippen MR) is 170 cm³/mol. The van der Waals surface area contributed by atoms with E-state index in [1.165, 1.54) is 58.4 Å². The summed E-state index contributed by atoms with van der Waals surface area (Å²) < 4.78 is 83.9. The van der Waals surface area contributed by atoms with Crippen molar-refractivity contribution in [1.82, 2.24) is 14.9 Å². The van der Waals surface area contributed by atoms with Crippen molar-refractivity contribution in [2.45, 2.75) is 51.1 Å². The Morgan fingerprint density at radius 1 is 1.06 bits per heavy atom. The molecule has 0 aliphatic carbocycles. The molecule has 0 saturated carbocycles. The summed E-state index contributed by atoms with van der Waals surface area (Å²) in [6.45, 7) is 2.71. The van der Waals surface area contributed by atoms with E-state index in [4.69, 9.17) is 23.2 Å². The van der Waals surface area contributed by atoms with Crippen molar-refractivity contribution in [1.29, 1.82) is 0 Å². The molecule has 0 bridgehead atoms. The predicted octanol–water partition coefficient (Wildman–Crippen LogP) is 7.44. The number of carboxylic acid groups (broad SMARTS) is 1. The van der Waals surface area contributed by atoms with Crippen LogP contribution in [0.3, 0.4) is 0 Å². The second kappa shape index (κ2) is 13.7. The van der Waals surface area contributed by atoms with E-state index in [9.17, 15) is 45.8 Å². The zero-order chi connectivity index (χ0) is 35.9. The van der Waals surface area contributed by atoms with Crippen LogP contribution in [-0.2, 0) is 24.4 Å². The number of carbonyl (C=O) groups excluding carboxylic acids is 1. The zero-order valence-electron chi connectivity index (χ0n) is 25.7. The lowest BCUT2D eigenvalue weighted by molar-refractivity contribution is -0.148. The van der Waals surface area contributed by atoms with Crippen LogP contribution >= 0.6 is 23.2 Å². The normalized spacial score (nSPS) is 13.3. The Morgan fingerprint density at radius 2 is 1.69 bits per heavy atom. The topological polar surface area (TPSA) is 105 Å². The Hall–Kier alpha value is -4.30. The Bertz CT molecular complexity index is 1940. The number of nitrogens with zero attached hydrogens (tertiary/aromatic N) is 3. The molecular weight excluding hydrogens is 689 g/mol. The van der Waals surface area contributed by atoms with Crippen molar-refractivity contribution in [2.75, 3.05) is 11.9 Å². The van der Waals surface area contributed by atoms with Crippen LogP contribution in [0, 0.1) is 6.92 Å². The SMILES string of the molecule is CC[C@@H](N(C)c1cc(Cl)c(C(=O)N[C@@H](Cc2ccc(-c3c(C(F)(F)F)cc(C)n(C)c3=O)c3ncccc23)C(=O)O)c(Cl)c1)C(F)(F)F. The van der Waals surface area contributed by atoms with Crippen molar-refractivity contribution in [3.8, 4) is 11.1 Å². The van der Waals surface area contributed by atoms with Gasteiger partial charge in [0.2, 0.25) is 0 Å². The molecule has 0 aliphatic heterocycles. The van der Waals surface area contributed by atoms with Crippen LogP contribution in [0.4, 0.5) is 32.0 Å². The molecule has 0 aliphatic rings. The van der Waals surface area contributed by atoms with E-state index < -0.39 is 53.0 Å². The first-order valence-corrected chi connectivity index (χ1v) is 15.0. The van der Waals surface area contributed by atoms with Crippen LogP contribution in [0.15, 0.2) is 53.5 Å². The van der Waals surface area contributed by atoms with Gasteiger partial charge < -0.3 is 19.9 Å². The quantitative estimate of drug-likeness (QED) is 0.175. The first kappa shape index (κ1) is 36.5. The summed E-state index contributed by atoms with van der Waals surface area (Å²) in [5.74, 6) is -2.53. The molecule has 2 heterocycles. The number of rotatable bonds is 9. The Balaban J connectivity index is 1.72. The number of aromatic nitrogens is 2. The summed E-state index contributed by atoms with van der Waals surface area (Å²) >= 11 is 12.5. The maximum absolute atomic E-state index is 14.1. The number of fused-ring (bicyclic) bond motifs is 1. The molecule has 48 heavy (non-hydrogen) atoms. The molecule has 1 amide bonds. The van der Waals surface area contributed by atoms with E-state index >= 15 is 0 Å². The van der Waals surface area contributed by atoms with Crippen molar-refractivity contribution < 1.29 is 41.0 Å². The fraction of sp³-hybridized carbons (Fsp3) is 0.312. The Kier molecular flexibility index (Phi) is 10.4. The number of pyridine rings is 2. The van der Waals surface area contributed by atoms with Gasteiger partial charge in [0.05, 0.1) is 32.3 Å². The van der Waals surface area contributed by atoms with Gasteiger partial charge >= 0.3 is 18.3 Å². The molecule has 2 N–H and O–H groups in total. The van der Waals surface area contributed by atoms with Crippen molar-refractivity contribution >= 4 is 51.7 Å². The largest absolute Gasteiger partial charge is 0.480 e. The molecule has 2 aromatic heterocycles. The summed E-state index contributed by atoms with van der Waals surface area (Å²) in [4.78, 5) is 43.8. The van der Waals surface area contributed by atoms with E-state index in [2.05, 4.69) is 10.3 Å². The number of aliphatic carboxylic acids is 1. The Labute approximate surface area is 279 Å². The van der Waals surface area contributed by atoms with Crippen LogP contribution < -0.4 is 15.8 Å². The van der Waals surface area contributed by atoms with E-state index in [-0.39, 0.29) is 61.9 Å². The van der Waals surface area contributed by atoms with Gasteiger partial charge in [0.15, 0.2) is 0 Å². The first-order chi connectivity index (χ1) is 22.3. The van der Waals surface area contributed by atoms with Gasteiger partial charge in [-0.05, 0) is 43.2 Å². The molecular formula is C32H28Cl2F6N4O4. The number of halogens is 8. The van der Waals surface area contributed by atoms with E-state index in [0.29, 0.717) is 0 Å². The van der Waals surface area contributed by atoms with Gasteiger partial charge in [0, 0.05) is 49.0 Å². The second-order valence-electron chi connectivity index (χ2n) is 11.0. The lowest BCUT2D eigenvalue weighted by Gasteiger charge is -2.31. The second-order valence-corrected chi connectivity index (χ2v) is 11.9. The molecule has 0 unspecified atom stereocenters. The first-order valence-electron chi connectivity index (χ1n) is 14.2. The minimum atomic E-state index is -4.88. The average molecular weight is 717 g/mol. The fourth-order valence-electron chi connectivity index (χ4n) is 5.45. The van der Waals surface area contributed by atoms with Gasteiger partial charge in [-0.1, -0.05) is 48.3 Å². The minimum Gasteiger partial charge on any atom is -0.480 e. The third-order valence-corrected chi connectivity index (χ3v) is 8.62. The molecule has 256 valence electrons. The highest BCUT2D eigenvalue weighted by atomic mass is 35.5. The summed E-state index contributed by atoms with van der Waals surface area (Å²) in [6.07, 6.45) is -8.81. The van der Waals surface area contributed by atoms with E-state index in [1.807, 2.05) is 0 Å². The number of carboxylic acids is 1. The van der Waals surface area contributed by atoms with Crippen LogP contribution in [-0.4, -0.2) is 51.8 Å². The smallest absolute Gasteiger partial charge is 0.417 e. The molecule has 0 spiro atoms. The molecule has 2 atom stereocenters. The fourth-order valence-corrected chi connectivity index (χ4v) is 6.10. The minimum absolute atomic E-state index is 0.00745. The number of anilines is 1. The summed E-state index contributed by atoms with van der Waals surface area (Å²) in [5.41, 5.74) is -2.90. The number of hydrogen-bond acceptors (Lipinski definition) is 5. The van der Waals surface area contributed by atoms with E-state index in [1.54, 1.807) is 0 Å². The van der Waals surface area contributed by atoms with Crippen LogP contribution in [0.1, 0.15) is 40.5 Å². The van der Waals surface area contributed by atoms with Gasteiger partial charge in [-0.3, -0.25) is 14.6 Å². The molecule has 2 aromatic carbocycles. The monoisotopic (exact) mass is 716 g/mol. The van der Waals surface area contributed by atoms with Crippen molar-refractivity contribution in [2.24, 2.45) is 7.05 Å². The van der Waals surface area contributed by atoms with Gasteiger partial charge in [-0.25, -0.2) is 4.79 Å². The maximum atomic E-state index is 14.1. The third kappa shape index (κ3) is 7.24. The van der Waals surface area contributed by atoms with Crippen LogP contribution in [0.2, 0.25) is 10.0 Å². The van der Waals surface area contributed by atoms with Gasteiger partial charge in [0.1, 0.15) is 12.1 Å². The number of alkyl halides is 6. The van der Waals surface area contributed by atoms with Crippen LogP contribution in [0.5, 0.6) is 0 Å². The molecule has 8 nitrogen and oxygen atoms in total. The highest BCUT2D eigenvalue weighted by Gasteiger charge is 2.41. The highest BCUT2D eigenvalue weighted by Crippen LogP contribution is 2.39.